The van der Waals surface area contributed by atoms with Gasteiger partial charge in [0, 0.05) is 6.07 Å². The van der Waals surface area contributed by atoms with E-state index < -0.39 is 22.7 Å². The van der Waals surface area contributed by atoms with E-state index in [0.29, 0.717) is 0 Å². The van der Waals surface area contributed by atoms with Gasteiger partial charge in [-0.1, -0.05) is 0 Å². The molecule has 0 aliphatic heterocycles. The number of methoxy groups -OCH3 is 1. The zero-order chi connectivity index (χ0) is 16.4. The predicted octanol–water partition coefficient (Wildman–Crippen LogP) is 1.81. The number of ketones is 1. The van der Waals surface area contributed by atoms with Gasteiger partial charge in [0.1, 0.15) is 17.4 Å². The van der Waals surface area contributed by atoms with Crippen LogP contribution >= 0.6 is 0 Å². The molecule has 0 fully saturated rings. The average Bonchev–Trinajstić information content (AvgIpc) is 2.44. The Hall–Kier alpha value is -3.09. The maximum absolute atomic E-state index is 12.4. The normalized spacial score (nSPS) is 11.0. The molecule has 0 aliphatic carbocycles. The number of fused-ring (bicyclic) bond motifs is 1. The van der Waals surface area contributed by atoms with Crippen molar-refractivity contribution in [3.63, 3.8) is 0 Å². The monoisotopic (exact) mass is 304 g/mol. The molecule has 1 heterocycles. The Kier molecular flexibility index (Phi) is 3.98. The molecule has 0 amide bonds. The first kappa shape index (κ1) is 15.3. The third kappa shape index (κ3) is 2.56. The Morgan fingerprint density at radius 3 is 2.59 bits per heavy atom. The van der Waals surface area contributed by atoms with Crippen molar-refractivity contribution in [2.75, 3.05) is 7.11 Å². The van der Waals surface area contributed by atoms with Gasteiger partial charge in [0.25, 0.3) is 0 Å². The number of benzene rings is 1. The highest BCUT2D eigenvalue weighted by atomic mass is 16.5. The Bertz CT molecular complexity index is 858. The van der Waals surface area contributed by atoms with Gasteiger partial charge in [0.05, 0.1) is 18.1 Å². The quantitative estimate of drug-likeness (QED) is 0.828. The number of phenols is 1. The van der Waals surface area contributed by atoms with Gasteiger partial charge in [-0.3, -0.25) is 9.59 Å². The number of allylic oxidation sites excluding steroid dienone is 1. The van der Waals surface area contributed by atoms with Gasteiger partial charge in [0.2, 0.25) is 5.43 Å². The zero-order valence-corrected chi connectivity index (χ0v) is 11.7. The van der Waals surface area contributed by atoms with Crippen molar-refractivity contribution in [3.8, 4) is 11.5 Å². The molecule has 2 aromatic rings. The first-order valence-electron chi connectivity index (χ1n) is 6.14. The van der Waals surface area contributed by atoms with Crippen LogP contribution in [0.15, 0.2) is 27.6 Å². The second-order valence-corrected chi connectivity index (χ2v) is 4.45. The van der Waals surface area contributed by atoms with Crippen molar-refractivity contribution < 1.29 is 29.0 Å². The number of carbonyl (C=O) groups excluding carboxylic acids is 1. The molecule has 0 atom stereocenters. The number of aromatic carboxylic acids is 1. The van der Waals surface area contributed by atoms with Crippen LogP contribution < -0.4 is 10.2 Å². The second kappa shape index (κ2) is 5.72. The minimum atomic E-state index is -1.45. The summed E-state index contributed by atoms with van der Waals surface area (Å²) in [5.41, 5.74) is -1.22. The van der Waals surface area contributed by atoms with E-state index >= 15 is 0 Å². The van der Waals surface area contributed by atoms with Crippen LogP contribution in [0.5, 0.6) is 11.5 Å². The fourth-order valence-corrected chi connectivity index (χ4v) is 2.00. The Morgan fingerprint density at radius 1 is 1.36 bits per heavy atom. The number of ether oxygens (including phenoxy) is 1. The summed E-state index contributed by atoms with van der Waals surface area (Å²) < 4.78 is 10.0. The molecule has 7 nitrogen and oxygen atoms in total. The van der Waals surface area contributed by atoms with E-state index in [0.717, 1.165) is 18.4 Å². The van der Waals surface area contributed by atoms with E-state index in [2.05, 4.69) is 0 Å². The first-order chi connectivity index (χ1) is 10.4. The minimum Gasteiger partial charge on any atom is -0.504 e. The summed E-state index contributed by atoms with van der Waals surface area (Å²) in [5.74, 6) is -2.51. The summed E-state index contributed by atoms with van der Waals surface area (Å²) >= 11 is 0. The fourth-order valence-electron chi connectivity index (χ4n) is 2.00. The van der Waals surface area contributed by atoms with Crippen molar-refractivity contribution in [2.24, 2.45) is 0 Å². The standard InChI is InChI=1S/C15H12O7/c1-7(16)3-4-8-6-22-10-5-9(17)14(21-2)12(15(19)20)11(10)13(8)18/h3-6,17H,1-2H3,(H,19,20). The molecule has 114 valence electrons. The summed E-state index contributed by atoms with van der Waals surface area (Å²) in [6, 6.07) is 1.10. The molecular formula is C15H12O7. The molecule has 22 heavy (non-hydrogen) atoms. The summed E-state index contributed by atoms with van der Waals surface area (Å²) in [6.45, 7) is 1.31. The summed E-state index contributed by atoms with van der Waals surface area (Å²) in [5, 5.41) is 18.8. The molecule has 1 aromatic carbocycles. The van der Waals surface area contributed by atoms with E-state index in [9.17, 15) is 24.6 Å². The fraction of sp³-hybridized carbons (Fsp3) is 0.133. The highest BCUT2D eigenvalue weighted by Crippen LogP contribution is 2.35. The van der Waals surface area contributed by atoms with Crippen LogP contribution in [0, 0.1) is 0 Å². The van der Waals surface area contributed by atoms with Gasteiger partial charge >= 0.3 is 5.97 Å². The summed E-state index contributed by atoms with van der Waals surface area (Å²) in [4.78, 5) is 34.8. The predicted molar refractivity (Wildman–Crippen MR) is 77.4 cm³/mol. The number of aromatic hydroxyl groups is 1. The molecular weight excluding hydrogens is 292 g/mol. The van der Waals surface area contributed by atoms with Gasteiger partial charge in [-0.15, -0.1) is 0 Å². The van der Waals surface area contributed by atoms with E-state index in [1.54, 1.807) is 0 Å². The molecule has 2 rings (SSSR count). The smallest absolute Gasteiger partial charge is 0.340 e. The van der Waals surface area contributed by atoms with Crippen LogP contribution in [0.4, 0.5) is 0 Å². The molecule has 0 bridgehead atoms. The van der Waals surface area contributed by atoms with Gasteiger partial charge in [0.15, 0.2) is 17.3 Å². The molecule has 1 aromatic heterocycles. The first-order valence-corrected chi connectivity index (χ1v) is 6.14. The zero-order valence-electron chi connectivity index (χ0n) is 11.7. The van der Waals surface area contributed by atoms with Gasteiger partial charge in [-0.2, -0.15) is 0 Å². The van der Waals surface area contributed by atoms with Crippen LogP contribution in [0.3, 0.4) is 0 Å². The van der Waals surface area contributed by atoms with Crippen LogP contribution in [-0.2, 0) is 4.79 Å². The topological polar surface area (TPSA) is 114 Å². The average molecular weight is 304 g/mol. The van der Waals surface area contributed by atoms with E-state index in [1.165, 1.54) is 20.1 Å². The third-order valence-electron chi connectivity index (χ3n) is 2.94. The largest absolute Gasteiger partial charge is 0.504 e. The highest BCUT2D eigenvalue weighted by Gasteiger charge is 2.23. The van der Waals surface area contributed by atoms with E-state index in [4.69, 9.17) is 9.15 Å². The maximum Gasteiger partial charge on any atom is 0.340 e. The highest BCUT2D eigenvalue weighted by molar-refractivity contribution is 6.06. The third-order valence-corrected chi connectivity index (χ3v) is 2.94. The number of carboxylic acid groups (broad SMARTS) is 1. The van der Waals surface area contributed by atoms with Crippen molar-refractivity contribution in [2.45, 2.75) is 6.92 Å². The van der Waals surface area contributed by atoms with Crippen molar-refractivity contribution in [1.29, 1.82) is 0 Å². The van der Waals surface area contributed by atoms with E-state index in [1.807, 2.05) is 0 Å². The van der Waals surface area contributed by atoms with Crippen LogP contribution in [0.25, 0.3) is 17.0 Å². The molecule has 0 saturated heterocycles. The van der Waals surface area contributed by atoms with Crippen molar-refractivity contribution in [3.05, 3.63) is 39.8 Å². The SMILES string of the molecule is COc1c(O)cc2occ(C=CC(C)=O)c(=O)c2c1C(=O)O. The lowest BCUT2D eigenvalue weighted by Crippen LogP contribution is -2.12. The lowest BCUT2D eigenvalue weighted by molar-refractivity contribution is -0.112. The number of carboxylic acids is 1. The van der Waals surface area contributed by atoms with Crippen LogP contribution in [0.2, 0.25) is 0 Å². The summed E-state index contributed by atoms with van der Waals surface area (Å²) in [7, 11) is 1.18. The molecule has 0 spiro atoms. The Morgan fingerprint density at radius 2 is 2.05 bits per heavy atom. The summed E-state index contributed by atoms with van der Waals surface area (Å²) in [6.07, 6.45) is 3.48. The number of hydrogen-bond acceptors (Lipinski definition) is 6. The van der Waals surface area contributed by atoms with Crippen LogP contribution in [-0.4, -0.2) is 29.1 Å². The maximum atomic E-state index is 12.4. The number of rotatable bonds is 4. The Labute approximate surface area is 124 Å². The molecule has 0 saturated carbocycles. The number of phenolic OH excluding ortho intramolecular Hbond substituents is 1. The minimum absolute atomic E-state index is 0.0120. The van der Waals surface area contributed by atoms with Crippen LogP contribution in [0.1, 0.15) is 22.8 Å². The van der Waals surface area contributed by atoms with Crippen molar-refractivity contribution in [1.82, 2.24) is 0 Å². The van der Waals surface area contributed by atoms with Gasteiger partial charge < -0.3 is 19.4 Å². The lowest BCUT2D eigenvalue weighted by Gasteiger charge is -2.10. The molecule has 0 aliphatic rings. The van der Waals surface area contributed by atoms with E-state index in [-0.39, 0.29) is 28.1 Å². The molecule has 2 N–H and O–H groups in total. The van der Waals surface area contributed by atoms with Gasteiger partial charge in [-0.05, 0) is 19.1 Å². The van der Waals surface area contributed by atoms with Crippen molar-refractivity contribution >= 4 is 28.8 Å². The lowest BCUT2D eigenvalue weighted by atomic mass is 10.0. The Balaban J connectivity index is 2.91. The molecule has 0 radical (unpaired) electrons. The molecule has 7 heteroatoms. The number of hydrogen-bond donors (Lipinski definition) is 2. The number of carbonyl (C=O) groups is 2. The second-order valence-electron chi connectivity index (χ2n) is 4.45. The molecule has 0 unspecified atom stereocenters. The van der Waals surface area contributed by atoms with Gasteiger partial charge in [-0.25, -0.2) is 4.79 Å².